The molecule has 0 aromatic carbocycles. The van der Waals surface area contributed by atoms with Gasteiger partial charge < -0.3 is 14.4 Å². The van der Waals surface area contributed by atoms with Crippen LogP contribution in [0.2, 0.25) is 0 Å². The maximum atomic E-state index is 13.2. The molecule has 1 atom stereocenters. The lowest BCUT2D eigenvalue weighted by Crippen LogP contribution is -2.43. The Morgan fingerprint density at radius 2 is 2.07 bits per heavy atom. The molecule has 0 unspecified atom stereocenters. The van der Waals surface area contributed by atoms with E-state index < -0.39 is 0 Å². The van der Waals surface area contributed by atoms with Crippen molar-refractivity contribution in [3.63, 3.8) is 0 Å². The van der Waals surface area contributed by atoms with Crippen LogP contribution in [0.3, 0.4) is 0 Å². The van der Waals surface area contributed by atoms with Crippen LogP contribution in [0.25, 0.3) is 0 Å². The van der Waals surface area contributed by atoms with Crippen LogP contribution < -0.4 is 5.56 Å². The Kier molecular flexibility index (Phi) is 5.77. The van der Waals surface area contributed by atoms with E-state index >= 15 is 0 Å². The second-order valence-electron chi connectivity index (χ2n) is 8.77. The summed E-state index contributed by atoms with van der Waals surface area (Å²) in [6.45, 7) is 10.2. The molecule has 30 heavy (non-hydrogen) atoms. The molecule has 0 spiro atoms. The van der Waals surface area contributed by atoms with Gasteiger partial charge in [-0.3, -0.25) is 14.5 Å². The summed E-state index contributed by atoms with van der Waals surface area (Å²) >= 11 is 0. The van der Waals surface area contributed by atoms with Gasteiger partial charge in [-0.1, -0.05) is 5.16 Å². The molecule has 2 aromatic rings. The average molecular weight is 414 g/mol. The molecule has 0 aliphatic carbocycles. The van der Waals surface area contributed by atoms with E-state index in [4.69, 9.17) is 9.51 Å². The van der Waals surface area contributed by atoms with Crippen molar-refractivity contribution in [3.05, 3.63) is 44.5 Å². The maximum absolute atomic E-state index is 13.2. The van der Waals surface area contributed by atoms with Crippen LogP contribution in [0.15, 0.2) is 9.32 Å². The third-order valence-corrected chi connectivity index (χ3v) is 6.49. The Hall–Kier alpha value is -2.48. The van der Waals surface area contributed by atoms with Gasteiger partial charge in [0.05, 0.1) is 29.4 Å². The second-order valence-corrected chi connectivity index (χ2v) is 8.77. The van der Waals surface area contributed by atoms with Crippen molar-refractivity contribution < 1.29 is 9.32 Å². The van der Waals surface area contributed by atoms with E-state index in [-0.39, 0.29) is 23.9 Å². The van der Waals surface area contributed by atoms with Crippen LogP contribution in [0.5, 0.6) is 0 Å². The highest BCUT2D eigenvalue weighted by atomic mass is 16.5. The number of fused-ring (bicyclic) bond motifs is 1. The Morgan fingerprint density at radius 3 is 2.77 bits per heavy atom. The fourth-order valence-corrected chi connectivity index (χ4v) is 4.59. The highest BCUT2D eigenvalue weighted by Crippen LogP contribution is 2.30. The number of nitrogens with zero attached hydrogens (tertiary/aromatic N) is 4. The van der Waals surface area contributed by atoms with Crippen LogP contribution in [-0.4, -0.2) is 50.0 Å². The number of aromatic amines is 1. The summed E-state index contributed by atoms with van der Waals surface area (Å²) in [6, 6.07) is 0.209. The first kappa shape index (κ1) is 20.8. The van der Waals surface area contributed by atoms with E-state index in [0.29, 0.717) is 30.7 Å². The number of piperidine rings is 1. The second kappa shape index (κ2) is 8.34. The molecule has 1 amide bonds. The number of hydrogen-bond donors (Lipinski definition) is 1. The average Bonchev–Trinajstić information content (AvgIpc) is 3.05. The van der Waals surface area contributed by atoms with Crippen LogP contribution in [0, 0.1) is 13.8 Å². The zero-order valence-electron chi connectivity index (χ0n) is 18.3. The maximum Gasteiger partial charge on any atom is 0.255 e. The first-order valence-corrected chi connectivity index (χ1v) is 10.9. The van der Waals surface area contributed by atoms with E-state index in [1.165, 1.54) is 0 Å². The molecule has 4 rings (SSSR count). The molecule has 1 fully saturated rings. The lowest BCUT2D eigenvalue weighted by molar-refractivity contribution is -0.134. The number of carbonyl (C=O) groups is 1. The quantitative estimate of drug-likeness (QED) is 0.827. The molecule has 2 aromatic heterocycles. The molecular weight excluding hydrogens is 382 g/mol. The van der Waals surface area contributed by atoms with Crippen molar-refractivity contribution in [2.75, 3.05) is 13.1 Å². The summed E-state index contributed by atoms with van der Waals surface area (Å²) in [5, 5.41) is 3.96. The smallest absolute Gasteiger partial charge is 0.255 e. The molecule has 2 aliphatic rings. The van der Waals surface area contributed by atoms with Gasteiger partial charge in [0.2, 0.25) is 5.91 Å². The molecule has 162 valence electrons. The number of likely N-dealkylation sites (tertiary alicyclic amines) is 1. The van der Waals surface area contributed by atoms with E-state index in [9.17, 15) is 9.59 Å². The number of nitrogens with one attached hydrogen (secondary N) is 1. The van der Waals surface area contributed by atoms with Gasteiger partial charge in [-0.05, 0) is 47.0 Å². The lowest BCUT2D eigenvalue weighted by atomic mass is 9.98. The largest absolute Gasteiger partial charge is 0.361 e. The van der Waals surface area contributed by atoms with Gasteiger partial charge in [0.25, 0.3) is 5.56 Å². The number of amides is 1. The van der Waals surface area contributed by atoms with Crippen molar-refractivity contribution in [2.24, 2.45) is 0 Å². The van der Waals surface area contributed by atoms with Gasteiger partial charge in [0.15, 0.2) is 0 Å². The van der Waals surface area contributed by atoms with Crippen LogP contribution in [0.4, 0.5) is 0 Å². The third kappa shape index (κ3) is 3.93. The van der Waals surface area contributed by atoms with E-state index in [1.54, 1.807) is 0 Å². The van der Waals surface area contributed by atoms with Crippen LogP contribution >= 0.6 is 0 Å². The summed E-state index contributed by atoms with van der Waals surface area (Å²) < 4.78 is 5.21. The normalized spacial score (nSPS) is 19.9. The summed E-state index contributed by atoms with van der Waals surface area (Å²) in [5.74, 6) is 1.34. The Balaban J connectivity index is 1.60. The third-order valence-electron chi connectivity index (χ3n) is 6.49. The standard InChI is InChI=1S/C22H31N5O3/c1-13(2)26-10-8-18-17(12-26)22(29)24-21(23-18)19-7-5-6-9-27(19)20(28)11-16-14(3)25-30-15(16)4/h13,19H,5-12H2,1-4H3,(H,23,24,29)/t19-/m0/s1. The van der Waals surface area contributed by atoms with Crippen molar-refractivity contribution in [3.8, 4) is 0 Å². The van der Waals surface area contributed by atoms with Gasteiger partial charge in [-0.2, -0.15) is 0 Å². The molecule has 8 heteroatoms. The van der Waals surface area contributed by atoms with Crippen molar-refractivity contribution in [1.82, 2.24) is 24.9 Å². The lowest BCUT2D eigenvalue weighted by Gasteiger charge is -2.36. The molecule has 0 radical (unpaired) electrons. The summed E-state index contributed by atoms with van der Waals surface area (Å²) in [5.41, 5.74) is 3.19. The van der Waals surface area contributed by atoms with E-state index in [2.05, 4.69) is 28.9 Å². The predicted octanol–water partition coefficient (Wildman–Crippen LogP) is 2.44. The monoisotopic (exact) mass is 413 g/mol. The number of hydrogen-bond acceptors (Lipinski definition) is 6. The molecular formula is C22H31N5O3. The number of aryl methyl sites for hydroxylation is 2. The summed E-state index contributed by atoms with van der Waals surface area (Å²) in [4.78, 5) is 38.1. The highest BCUT2D eigenvalue weighted by Gasteiger charge is 2.32. The van der Waals surface area contributed by atoms with Gasteiger partial charge in [0, 0.05) is 37.7 Å². The van der Waals surface area contributed by atoms with Crippen molar-refractivity contribution in [2.45, 2.75) is 78.4 Å². The molecule has 4 heterocycles. The minimum absolute atomic E-state index is 0.0282. The minimum Gasteiger partial charge on any atom is -0.361 e. The Bertz CT molecular complexity index is 974. The topological polar surface area (TPSA) is 95.3 Å². The highest BCUT2D eigenvalue weighted by molar-refractivity contribution is 5.79. The van der Waals surface area contributed by atoms with E-state index in [1.807, 2.05) is 18.7 Å². The first-order valence-electron chi connectivity index (χ1n) is 10.9. The predicted molar refractivity (Wildman–Crippen MR) is 112 cm³/mol. The number of carbonyl (C=O) groups excluding carboxylic acids is 1. The van der Waals surface area contributed by atoms with Crippen LogP contribution in [-0.2, 0) is 24.2 Å². The van der Waals surface area contributed by atoms with Gasteiger partial charge >= 0.3 is 0 Å². The molecule has 1 N–H and O–H groups in total. The van der Waals surface area contributed by atoms with Gasteiger partial charge in [0.1, 0.15) is 11.6 Å². The van der Waals surface area contributed by atoms with Crippen LogP contribution in [0.1, 0.15) is 73.3 Å². The minimum atomic E-state index is -0.187. The molecule has 1 saturated heterocycles. The summed E-state index contributed by atoms with van der Waals surface area (Å²) in [7, 11) is 0. The molecule has 0 bridgehead atoms. The van der Waals surface area contributed by atoms with Crippen molar-refractivity contribution in [1.29, 1.82) is 0 Å². The molecule has 0 saturated carbocycles. The number of H-pyrrole nitrogens is 1. The first-order chi connectivity index (χ1) is 14.3. The fourth-order valence-electron chi connectivity index (χ4n) is 4.59. The molecule has 8 nitrogen and oxygen atoms in total. The van der Waals surface area contributed by atoms with E-state index in [0.717, 1.165) is 54.7 Å². The number of rotatable bonds is 4. The fraction of sp³-hybridized carbons (Fsp3) is 0.636. The molecule has 2 aliphatic heterocycles. The van der Waals surface area contributed by atoms with Crippen molar-refractivity contribution >= 4 is 5.91 Å². The zero-order chi connectivity index (χ0) is 21.4. The van der Waals surface area contributed by atoms with Gasteiger partial charge in [-0.15, -0.1) is 0 Å². The SMILES string of the molecule is Cc1noc(C)c1CC(=O)N1CCCC[C@H]1c1nc2c(c(=O)[nH]1)CN(C(C)C)CC2. The Labute approximate surface area is 176 Å². The zero-order valence-corrected chi connectivity index (χ0v) is 18.3. The summed E-state index contributed by atoms with van der Waals surface area (Å²) in [6.07, 6.45) is 3.82. The number of aromatic nitrogens is 3. The Morgan fingerprint density at radius 1 is 1.27 bits per heavy atom. The van der Waals surface area contributed by atoms with Gasteiger partial charge in [-0.25, -0.2) is 4.98 Å².